The maximum Gasteiger partial charge on any atom is 0.311 e. The predicted octanol–water partition coefficient (Wildman–Crippen LogP) is 3.19. The van der Waals surface area contributed by atoms with Crippen molar-refractivity contribution < 1.29 is 14.4 Å². The highest BCUT2D eigenvalue weighted by Crippen LogP contribution is 2.37. The van der Waals surface area contributed by atoms with Gasteiger partial charge in [-0.1, -0.05) is 0 Å². The first-order chi connectivity index (χ1) is 16.6. The van der Waals surface area contributed by atoms with Gasteiger partial charge in [0.05, 0.1) is 18.4 Å². The third kappa shape index (κ3) is 4.17. The molecule has 0 saturated carbocycles. The highest BCUT2D eigenvalue weighted by atomic mass is 35.5. The molecule has 11 nitrogen and oxygen atoms in total. The van der Waals surface area contributed by atoms with Crippen LogP contribution >= 0.6 is 12.4 Å². The van der Waals surface area contributed by atoms with Gasteiger partial charge in [0.1, 0.15) is 17.4 Å². The maximum absolute atomic E-state index is 11.7. The molecule has 3 aliphatic heterocycles. The minimum atomic E-state index is -0.440. The summed E-state index contributed by atoms with van der Waals surface area (Å²) in [6.45, 7) is 4.50. The lowest BCUT2D eigenvalue weighted by Gasteiger charge is -2.24. The van der Waals surface area contributed by atoms with Crippen molar-refractivity contribution in [3.05, 3.63) is 34.6 Å². The Kier molecular flexibility index (Phi) is 6.47. The van der Waals surface area contributed by atoms with Gasteiger partial charge in [-0.3, -0.25) is 14.7 Å². The lowest BCUT2D eigenvalue weighted by molar-refractivity contribution is -0.385. The number of rotatable bonds is 5. The number of nitro benzene ring substituents is 1. The summed E-state index contributed by atoms with van der Waals surface area (Å²) in [7, 11) is 1.42. The molecule has 0 bridgehead atoms. The van der Waals surface area contributed by atoms with Crippen LogP contribution in [0.25, 0.3) is 22.4 Å². The molecule has 12 heteroatoms. The molecule has 35 heavy (non-hydrogen) atoms. The van der Waals surface area contributed by atoms with Crippen LogP contribution in [-0.4, -0.2) is 64.3 Å². The first-order valence-corrected chi connectivity index (χ1v) is 11.8. The number of nitro groups is 1. The van der Waals surface area contributed by atoms with Crippen LogP contribution in [0.5, 0.6) is 5.75 Å². The highest BCUT2D eigenvalue weighted by Gasteiger charge is 2.37. The number of imidazole rings is 1. The van der Waals surface area contributed by atoms with E-state index >= 15 is 0 Å². The number of ether oxygens (including phenoxy) is 2. The molecule has 0 amide bonds. The van der Waals surface area contributed by atoms with E-state index in [2.05, 4.69) is 15.2 Å². The number of nitrogens with one attached hydrogen (secondary N) is 1. The number of halogens is 1. The van der Waals surface area contributed by atoms with Gasteiger partial charge in [-0.25, -0.2) is 9.97 Å². The van der Waals surface area contributed by atoms with Crippen molar-refractivity contribution in [3.8, 4) is 17.0 Å². The molecule has 5 heterocycles. The van der Waals surface area contributed by atoms with Crippen LogP contribution in [0.15, 0.2) is 24.5 Å². The largest absolute Gasteiger partial charge is 0.490 e. The SMILES string of the molecule is COc1ccc(-c2nc(N3CC4CNCC4C3)nc3c2ncn3C2CCCCO2)cc1[N+](=O)[O-].Cl. The first kappa shape index (κ1) is 23.7. The van der Waals surface area contributed by atoms with Crippen LogP contribution in [0.1, 0.15) is 25.5 Å². The van der Waals surface area contributed by atoms with Gasteiger partial charge in [0, 0.05) is 44.4 Å². The summed E-state index contributed by atoms with van der Waals surface area (Å²) in [4.78, 5) is 28.0. The average Bonchev–Trinajstić information content (AvgIpc) is 3.58. The van der Waals surface area contributed by atoms with E-state index in [-0.39, 0.29) is 30.1 Å². The number of benzene rings is 1. The van der Waals surface area contributed by atoms with Crippen molar-refractivity contribution in [2.24, 2.45) is 11.8 Å². The zero-order chi connectivity index (χ0) is 23.2. The molecule has 0 aliphatic carbocycles. The van der Waals surface area contributed by atoms with Crippen LogP contribution in [-0.2, 0) is 4.74 Å². The highest BCUT2D eigenvalue weighted by molar-refractivity contribution is 5.89. The summed E-state index contributed by atoms with van der Waals surface area (Å²) >= 11 is 0. The minimum absolute atomic E-state index is 0. The lowest BCUT2D eigenvalue weighted by Crippen LogP contribution is -2.27. The molecule has 3 fully saturated rings. The Bertz CT molecular complexity index is 1230. The molecule has 3 unspecified atom stereocenters. The summed E-state index contributed by atoms with van der Waals surface area (Å²) in [5.41, 5.74) is 2.39. The standard InChI is InChI=1S/C23H27N7O4.ClH/c1-33-18-6-5-14(8-17(18)30(31)32)20-21-22(29(13-25-21)19-4-2-3-7-34-19)27-23(26-20)28-11-15-9-24-10-16(15)12-28;/h5-6,8,13,15-16,19,24H,2-4,7,9-12H2,1H3;1H. The summed E-state index contributed by atoms with van der Waals surface area (Å²) in [5.74, 6) is 2.00. The third-order valence-electron chi connectivity index (χ3n) is 7.20. The third-order valence-corrected chi connectivity index (χ3v) is 7.20. The molecular weight excluding hydrogens is 474 g/mol. The smallest absolute Gasteiger partial charge is 0.311 e. The van der Waals surface area contributed by atoms with Gasteiger partial charge < -0.3 is 19.7 Å². The van der Waals surface area contributed by atoms with Crippen molar-refractivity contribution in [3.63, 3.8) is 0 Å². The van der Waals surface area contributed by atoms with Crippen LogP contribution in [0.4, 0.5) is 11.6 Å². The molecule has 3 aromatic rings. The number of hydrogen-bond donors (Lipinski definition) is 1. The average molecular weight is 502 g/mol. The van der Waals surface area contributed by atoms with E-state index < -0.39 is 4.92 Å². The second kappa shape index (κ2) is 9.56. The van der Waals surface area contributed by atoms with Crippen molar-refractivity contribution in [2.75, 3.05) is 44.8 Å². The van der Waals surface area contributed by atoms with Gasteiger partial charge in [-0.15, -0.1) is 12.4 Å². The quantitative estimate of drug-likeness (QED) is 0.415. The van der Waals surface area contributed by atoms with E-state index in [1.54, 1.807) is 18.5 Å². The van der Waals surface area contributed by atoms with Crippen LogP contribution in [0, 0.1) is 22.0 Å². The summed E-state index contributed by atoms with van der Waals surface area (Å²) < 4.78 is 13.2. The zero-order valence-corrected chi connectivity index (χ0v) is 20.2. The van der Waals surface area contributed by atoms with Crippen LogP contribution in [0.2, 0.25) is 0 Å². The Hall–Kier alpha value is -3.02. The molecule has 2 aromatic heterocycles. The van der Waals surface area contributed by atoms with Crippen LogP contribution < -0.4 is 15.0 Å². The van der Waals surface area contributed by atoms with Gasteiger partial charge in [0.15, 0.2) is 11.4 Å². The molecule has 3 atom stereocenters. The van der Waals surface area contributed by atoms with E-state index in [1.807, 2.05) is 4.57 Å². The molecule has 3 saturated heterocycles. The Balaban J connectivity index is 0.00000253. The molecule has 0 spiro atoms. The van der Waals surface area contributed by atoms with Gasteiger partial charge in [0.2, 0.25) is 5.95 Å². The Morgan fingerprint density at radius 2 is 2.00 bits per heavy atom. The molecule has 186 valence electrons. The number of anilines is 1. The molecule has 3 aliphatic rings. The van der Waals surface area contributed by atoms with E-state index in [1.165, 1.54) is 13.2 Å². The van der Waals surface area contributed by atoms with Gasteiger partial charge in [-0.05, 0) is 43.2 Å². The second-order valence-electron chi connectivity index (χ2n) is 9.24. The summed E-state index contributed by atoms with van der Waals surface area (Å²) in [5, 5.41) is 15.1. The fourth-order valence-corrected chi connectivity index (χ4v) is 5.40. The number of nitrogens with zero attached hydrogens (tertiary/aromatic N) is 6. The molecule has 0 radical (unpaired) electrons. The van der Waals surface area contributed by atoms with Gasteiger partial charge >= 0.3 is 5.69 Å². The minimum Gasteiger partial charge on any atom is -0.490 e. The molecular formula is C23H28ClN7O4. The van der Waals surface area contributed by atoms with Crippen molar-refractivity contribution >= 4 is 35.2 Å². The zero-order valence-electron chi connectivity index (χ0n) is 19.4. The fraction of sp³-hybridized carbons (Fsp3) is 0.522. The van der Waals surface area contributed by atoms with Crippen molar-refractivity contribution in [1.82, 2.24) is 24.8 Å². The Morgan fingerprint density at radius 1 is 1.20 bits per heavy atom. The van der Waals surface area contributed by atoms with E-state index in [0.717, 1.165) is 45.4 Å². The Labute approximate surface area is 208 Å². The van der Waals surface area contributed by atoms with Crippen molar-refractivity contribution in [1.29, 1.82) is 0 Å². The van der Waals surface area contributed by atoms with Gasteiger partial charge in [0.25, 0.3) is 0 Å². The number of aromatic nitrogens is 4. The fourth-order valence-electron chi connectivity index (χ4n) is 5.40. The number of hydrogen-bond acceptors (Lipinski definition) is 9. The predicted molar refractivity (Wildman–Crippen MR) is 132 cm³/mol. The van der Waals surface area contributed by atoms with Crippen molar-refractivity contribution in [2.45, 2.75) is 25.5 Å². The normalized spacial score (nSPS) is 23.8. The monoisotopic (exact) mass is 501 g/mol. The molecule has 1 aromatic carbocycles. The number of methoxy groups -OCH3 is 1. The maximum atomic E-state index is 11.7. The first-order valence-electron chi connectivity index (χ1n) is 11.8. The molecule has 6 rings (SSSR count). The van der Waals surface area contributed by atoms with E-state index in [9.17, 15) is 10.1 Å². The second-order valence-corrected chi connectivity index (χ2v) is 9.24. The lowest BCUT2D eigenvalue weighted by atomic mass is 10.0. The molecule has 1 N–H and O–H groups in total. The summed E-state index contributed by atoms with van der Waals surface area (Å²) in [6, 6.07) is 4.90. The number of fused-ring (bicyclic) bond motifs is 2. The summed E-state index contributed by atoms with van der Waals surface area (Å²) in [6.07, 6.45) is 4.66. The topological polar surface area (TPSA) is 120 Å². The van der Waals surface area contributed by atoms with E-state index in [0.29, 0.717) is 46.8 Å². The Morgan fingerprint density at radius 3 is 2.69 bits per heavy atom. The van der Waals surface area contributed by atoms with Gasteiger partial charge in [-0.2, -0.15) is 4.98 Å². The van der Waals surface area contributed by atoms with E-state index in [4.69, 9.17) is 19.4 Å². The van der Waals surface area contributed by atoms with Crippen LogP contribution in [0.3, 0.4) is 0 Å².